The molecule has 3 aromatic carbocycles. The Balaban J connectivity index is 1.32. The molecule has 1 fully saturated rings. The monoisotopic (exact) mass is 549 g/mol. The minimum Gasteiger partial charge on any atom is -0.352 e. The predicted octanol–water partition coefficient (Wildman–Crippen LogP) is 7.00. The van der Waals surface area contributed by atoms with Crippen LogP contribution in [0.15, 0.2) is 91.4 Å². The molecule has 3 heterocycles. The molecular formula is C33H32ClN5O. The van der Waals surface area contributed by atoms with E-state index in [1.54, 1.807) is 6.33 Å². The van der Waals surface area contributed by atoms with E-state index in [0.717, 1.165) is 39.2 Å². The summed E-state index contributed by atoms with van der Waals surface area (Å²) in [4.78, 5) is 27.0. The first-order valence-electron chi connectivity index (χ1n) is 13.6. The highest BCUT2D eigenvalue weighted by Crippen LogP contribution is 2.38. The molecular weight excluding hydrogens is 518 g/mol. The smallest absolute Gasteiger partial charge is 0.253 e. The van der Waals surface area contributed by atoms with Crippen LogP contribution in [-0.2, 0) is 5.41 Å². The number of hydrogen-bond donors (Lipinski definition) is 0. The van der Waals surface area contributed by atoms with Crippen LogP contribution in [-0.4, -0.2) is 51.5 Å². The number of hydrogen-bond acceptors (Lipinski definition) is 4. The molecule has 0 saturated carbocycles. The Morgan fingerprint density at radius 2 is 1.50 bits per heavy atom. The Labute approximate surface area is 239 Å². The quantitative estimate of drug-likeness (QED) is 0.242. The van der Waals surface area contributed by atoms with Crippen molar-refractivity contribution in [3.63, 3.8) is 0 Å². The van der Waals surface area contributed by atoms with Gasteiger partial charge >= 0.3 is 0 Å². The first-order chi connectivity index (χ1) is 19.3. The van der Waals surface area contributed by atoms with Crippen molar-refractivity contribution in [2.45, 2.75) is 26.2 Å². The van der Waals surface area contributed by atoms with E-state index in [1.807, 2.05) is 64.1 Å². The first-order valence-corrected chi connectivity index (χ1v) is 14.0. The number of para-hydroxylation sites is 1. The fourth-order valence-corrected chi connectivity index (χ4v) is 5.60. The third-order valence-electron chi connectivity index (χ3n) is 7.62. The number of carbonyl (C=O) groups is 1. The zero-order valence-corrected chi connectivity index (χ0v) is 23.8. The number of anilines is 1. The number of rotatable bonds is 4. The van der Waals surface area contributed by atoms with Crippen molar-refractivity contribution in [2.75, 3.05) is 31.1 Å². The third kappa shape index (κ3) is 4.84. The summed E-state index contributed by atoms with van der Waals surface area (Å²) in [6.45, 7) is 9.15. The lowest BCUT2D eigenvalue weighted by atomic mass is 9.86. The van der Waals surface area contributed by atoms with Crippen LogP contribution in [0.2, 0.25) is 5.02 Å². The van der Waals surface area contributed by atoms with Crippen LogP contribution in [0.3, 0.4) is 0 Å². The molecule has 5 aromatic rings. The molecule has 2 aromatic heterocycles. The van der Waals surface area contributed by atoms with Gasteiger partial charge in [-0.2, -0.15) is 0 Å². The molecule has 202 valence electrons. The van der Waals surface area contributed by atoms with Crippen molar-refractivity contribution in [1.29, 1.82) is 0 Å². The molecule has 6 nitrogen and oxygen atoms in total. The van der Waals surface area contributed by atoms with E-state index in [9.17, 15) is 4.79 Å². The number of nitrogens with zero attached hydrogens (tertiary/aromatic N) is 5. The Kier molecular flexibility index (Phi) is 6.80. The summed E-state index contributed by atoms with van der Waals surface area (Å²) in [6.07, 6.45) is 3.72. The summed E-state index contributed by atoms with van der Waals surface area (Å²) in [5, 5.41) is 1.63. The van der Waals surface area contributed by atoms with Gasteiger partial charge in [-0.25, -0.2) is 9.97 Å². The average Bonchev–Trinajstić information content (AvgIpc) is 3.37. The molecule has 0 atom stereocenters. The number of amides is 1. The summed E-state index contributed by atoms with van der Waals surface area (Å²) < 4.78 is 2.05. The molecule has 0 bridgehead atoms. The molecule has 0 spiro atoms. The molecule has 0 radical (unpaired) electrons. The minimum absolute atomic E-state index is 0.0550. The summed E-state index contributed by atoms with van der Waals surface area (Å²) in [5.74, 6) is 0.944. The molecule has 0 unspecified atom stereocenters. The van der Waals surface area contributed by atoms with Crippen LogP contribution in [0.5, 0.6) is 0 Å². The number of halogens is 1. The maximum absolute atomic E-state index is 13.3. The summed E-state index contributed by atoms with van der Waals surface area (Å²) >= 11 is 6.62. The van der Waals surface area contributed by atoms with Crippen molar-refractivity contribution >= 4 is 34.4 Å². The van der Waals surface area contributed by atoms with Crippen molar-refractivity contribution in [3.8, 4) is 16.8 Å². The van der Waals surface area contributed by atoms with Gasteiger partial charge in [-0.1, -0.05) is 87.0 Å². The number of piperazine rings is 1. The maximum atomic E-state index is 13.3. The molecule has 0 aliphatic carbocycles. The van der Waals surface area contributed by atoms with Gasteiger partial charge in [0.25, 0.3) is 5.91 Å². The fraction of sp³-hybridized carbons (Fsp3) is 0.242. The first kappa shape index (κ1) is 26.1. The van der Waals surface area contributed by atoms with E-state index in [4.69, 9.17) is 21.6 Å². The molecule has 1 saturated heterocycles. The van der Waals surface area contributed by atoms with Gasteiger partial charge in [-0.3, -0.25) is 9.36 Å². The van der Waals surface area contributed by atoms with Crippen molar-refractivity contribution in [3.05, 3.63) is 108 Å². The second kappa shape index (κ2) is 10.4. The van der Waals surface area contributed by atoms with Gasteiger partial charge in [-0.15, -0.1) is 0 Å². The van der Waals surface area contributed by atoms with Crippen LogP contribution in [0, 0.1) is 0 Å². The minimum atomic E-state index is 0.0550. The normalized spacial score (nSPS) is 14.1. The van der Waals surface area contributed by atoms with E-state index < -0.39 is 0 Å². The molecule has 40 heavy (non-hydrogen) atoms. The summed E-state index contributed by atoms with van der Waals surface area (Å²) in [6, 6.07) is 26.1. The lowest BCUT2D eigenvalue weighted by molar-refractivity contribution is 0.0746. The number of benzene rings is 3. The van der Waals surface area contributed by atoms with Crippen LogP contribution in [0.25, 0.3) is 27.8 Å². The third-order valence-corrected chi connectivity index (χ3v) is 7.94. The highest BCUT2D eigenvalue weighted by molar-refractivity contribution is 6.32. The van der Waals surface area contributed by atoms with Gasteiger partial charge in [0.2, 0.25) is 0 Å². The Bertz CT molecular complexity index is 1660. The summed E-state index contributed by atoms with van der Waals surface area (Å²) in [5.41, 5.74) is 5.81. The fourth-order valence-electron chi connectivity index (χ4n) is 5.37. The zero-order chi connectivity index (χ0) is 27.9. The van der Waals surface area contributed by atoms with Crippen molar-refractivity contribution in [1.82, 2.24) is 19.4 Å². The molecule has 6 rings (SSSR count). The molecule has 0 N–H and O–H groups in total. The molecule has 1 aliphatic rings. The number of fused-ring (bicyclic) bond motifs is 1. The lowest BCUT2D eigenvalue weighted by Crippen LogP contribution is -2.49. The van der Waals surface area contributed by atoms with Gasteiger partial charge in [-0.05, 0) is 40.8 Å². The number of aromatic nitrogens is 3. The van der Waals surface area contributed by atoms with Gasteiger partial charge in [0, 0.05) is 43.5 Å². The molecule has 1 amide bonds. The second-order valence-corrected chi connectivity index (χ2v) is 11.6. The van der Waals surface area contributed by atoms with E-state index >= 15 is 0 Å². The predicted molar refractivity (Wildman–Crippen MR) is 163 cm³/mol. The lowest BCUT2D eigenvalue weighted by Gasteiger charge is -2.35. The standard InChI is InChI=1S/C33H32ClN5O/c1-33(2,3)25-15-13-24(14-16-25)32(40)38-19-17-37(18-20-38)30-29-26(23-9-5-4-6-10-23)21-39(31(29)36-22-35-30)28-12-8-7-11-27(28)34/h4-16,21-22H,17-20H2,1-3H3. The van der Waals surface area contributed by atoms with Crippen LogP contribution >= 0.6 is 11.6 Å². The molecule has 7 heteroatoms. The largest absolute Gasteiger partial charge is 0.352 e. The number of carbonyl (C=O) groups excluding carboxylic acids is 1. The van der Waals surface area contributed by atoms with Crippen LogP contribution < -0.4 is 4.90 Å². The Hall–Kier alpha value is -4.16. The second-order valence-electron chi connectivity index (χ2n) is 11.2. The molecule has 1 aliphatic heterocycles. The highest BCUT2D eigenvalue weighted by Gasteiger charge is 2.27. The Morgan fingerprint density at radius 3 is 2.17 bits per heavy atom. The van der Waals surface area contributed by atoms with Crippen LogP contribution in [0.1, 0.15) is 36.7 Å². The Morgan fingerprint density at radius 1 is 0.825 bits per heavy atom. The van der Waals surface area contributed by atoms with Gasteiger partial charge < -0.3 is 9.80 Å². The SMILES string of the molecule is CC(C)(C)c1ccc(C(=O)N2CCN(c3ncnc4c3c(-c3ccccc3)cn4-c3ccccc3Cl)CC2)cc1. The van der Waals surface area contributed by atoms with Crippen molar-refractivity contribution < 1.29 is 4.79 Å². The van der Waals surface area contributed by atoms with Gasteiger partial charge in [0.15, 0.2) is 5.65 Å². The van der Waals surface area contributed by atoms with E-state index in [1.165, 1.54) is 5.56 Å². The van der Waals surface area contributed by atoms with E-state index in [-0.39, 0.29) is 11.3 Å². The van der Waals surface area contributed by atoms with Gasteiger partial charge in [0.1, 0.15) is 12.1 Å². The summed E-state index contributed by atoms with van der Waals surface area (Å²) in [7, 11) is 0. The topological polar surface area (TPSA) is 54.3 Å². The van der Waals surface area contributed by atoms with E-state index in [2.05, 4.69) is 56.1 Å². The van der Waals surface area contributed by atoms with Crippen molar-refractivity contribution in [2.24, 2.45) is 0 Å². The van der Waals surface area contributed by atoms with Gasteiger partial charge in [0.05, 0.1) is 16.1 Å². The maximum Gasteiger partial charge on any atom is 0.253 e. The highest BCUT2D eigenvalue weighted by atomic mass is 35.5. The van der Waals surface area contributed by atoms with E-state index in [0.29, 0.717) is 31.2 Å². The van der Waals surface area contributed by atoms with Crippen LogP contribution in [0.4, 0.5) is 5.82 Å². The average molecular weight is 550 g/mol. The zero-order valence-electron chi connectivity index (χ0n) is 23.0.